The van der Waals surface area contributed by atoms with Crippen LogP contribution in [-0.4, -0.2) is 61.6 Å². The molecule has 0 aliphatic carbocycles. The largest absolute Gasteiger partial charge is 0.468 e. The van der Waals surface area contributed by atoms with Crippen molar-refractivity contribution in [3.05, 3.63) is 0 Å². The summed E-state index contributed by atoms with van der Waals surface area (Å²) in [7, 11) is -9.56. The maximum atomic E-state index is 13.3. The highest BCUT2D eigenvalue weighted by Gasteiger charge is 2.75. The van der Waals surface area contributed by atoms with Crippen molar-refractivity contribution in [2.24, 2.45) is 0 Å². The van der Waals surface area contributed by atoms with Crippen molar-refractivity contribution in [3.8, 4) is 0 Å². The minimum absolute atomic E-state index is 0.00178. The van der Waals surface area contributed by atoms with Crippen LogP contribution >= 0.6 is 0 Å². The molecule has 0 saturated heterocycles. The van der Waals surface area contributed by atoms with E-state index in [9.17, 15) is 35.5 Å². The second kappa shape index (κ2) is 23.1. The summed E-state index contributed by atoms with van der Waals surface area (Å²) in [5.74, 6) is -3.25. The summed E-state index contributed by atoms with van der Waals surface area (Å²) in [5, 5.41) is 0. The number of hydrogen-bond donors (Lipinski definition) is 2. The Morgan fingerprint density at radius 3 is 0.841 bits per heavy atom. The van der Waals surface area contributed by atoms with Gasteiger partial charge in [0.2, 0.25) is 9.49 Å². The van der Waals surface area contributed by atoms with E-state index < -0.39 is 54.5 Å². The minimum Gasteiger partial charge on any atom is -0.468 e. The molecule has 44 heavy (non-hydrogen) atoms. The first kappa shape index (κ1) is 42.8. The molecule has 0 spiro atoms. The zero-order chi connectivity index (χ0) is 33.5. The van der Waals surface area contributed by atoms with E-state index in [2.05, 4.69) is 13.8 Å². The third kappa shape index (κ3) is 13.2. The number of hydrogen-bond acceptors (Lipinski definition) is 8. The van der Waals surface area contributed by atoms with Gasteiger partial charge in [-0.3, -0.25) is 18.7 Å². The molecule has 10 nitrogen and oxygen atoms in total. The second-order valence-electron chi connectivity index (χ2n) is 12.2. The lowest BCUT2D eigenvalue weighted by Gasteiger charge is -2.41. The number of carbonyl (C=O) groups excluding carboxylic acids is 2. The normalized spacial score (nSPS) is 15.0. The Morgan fingerprint density at radius 1 is 0.455 bits per heavy atom. The SMILES string of the molecule is CCCCCCCCCCCCCCC(C(=O)OC)(C(CCCCCCCCCCCC)(C(=O)OC)S(=O)(=O)O)S(=O)(=O)O. The van der Waals surface area contributed by atoms with Gasteiger partial charge >= 0.3 is 11.9 Å². The molecule has 0 amide bonds. The zero-order valence-electron chi connectivity index (χ0n) is 27.9. The topological polar surface area (TPSA) is 161 Å². The van der Waals surface area contributed by atoms with Crippen molar-refractivity contribution >= 4 is 32.2 Å². The Kier molecular flexibility index (Phi) is 22.5. The highest BCUT2D eigenvalue weighted by Crippen LogP contribution is 2.46. The van der Waals surface area contributed by atoms with Gasteiger partial charge in [-0.2, -0.15) is 16.8 Å². The first-order valence-electron chi connectivity index (χ1n) is 16.9. The van der Waals surface area contributed by atoms with Crippen LogP contribution in [-0.2, 0) is 39.3 Å². The van der Waals surface area contributed by atoms with Gasteiger partial charge in [-0.05, 0) is 12.8 Å². The Hall–Kier alpha value is -1.24. The number of esters is 2. The first-order chi connectivity index (χ1) is 20.8. The van der Waals surface area contributed by atoms with Gasteiger partial charge in [-0.25, -0.2) is 0 Å². The Bertz CT molecular complexity index is 997. The molecule has 0 saturated carbocycles. The molecule has 2 N–H and O–H groups in total. The Morgan fingerprint density at radius 2 is 0.659 bits per heavy atom. The monoisotopic (exact) mass is 670 g/mol. The van der Waals surface area contributed by atoms with Crippen LogP contribution < -0.4 is 0 Å². The van der Waals surface area contributed by atoms with Crippen molar-refractivity contribution in [1.82, 2.24) is 0 Å². The average Bonchev–Trinajstić information content (AvgIpc) is 2.97. The fourth-order valence-electron chi connectivity index (χ4n) is 6.23. The molecule has 0 aliphatic heterocycles. The molecule has 0 radical (unpaired) electrons. The van der Waals surface area contributed by atoms with Gasteiger partial charge in [0, 0.05) is 0 Å². The number of ether oxygens (including phenoxy) is 2. The Balaban J connectivity index is 5.71. The van der Waals surface area contributed by atoms with Crippen LogP contribution in [0.25, 0.3) is 0 Å². The summed E-state index contributed by atoms with van der Waals surface area (Å²) in [4.78, 5) is 26.5. The van der Waals surface area contributed by atoms with E-state index in [4.69, 9.17) is 9.47 Å². The van der Waals surface area contributed by atoms with E-state index in [1.807, 2.05) is 0 Å². The first-order valence-corrected chi connectivity index (χ1v) is 19.8. The van der Waals surface area contributed by atoms with Crippen LogP contribution in [0.1, 0.15) is 168 Å². The smallest absolute Gasteiger partial charge is 0.332 e. The van der Waals surface area contributed by atoms with Crippen LogP contribution in [0.5, 0.6) is 0 Å². The van der Waals surface area contributed by atoms with Gasteiger partial charge in [-0.1, -0.05) is 155 Å². The summed E-state index contributed by atoms with van der Waals surface area (Å²) < 4.78 is 76.1. The molecule has 2 unspecified atom stereocenters. The second-order valence-corrected chi connectivity index (χ2v) is 15.5. The maximum absolute atomic E-state index is 13.3. The van der Waals surface area contributed by atoms with Gasteiger partial charge in [0.15, 0.2) is 0 Å². The molecular formula is C32H62O10S2. The number of rotatable bonds is 29. The van der Waals surface area contributed by atoms with Crippen LogP contribution in [0.4, 0.5) is 0 Å². The van der Waals surface area contributed by atoms with Gasteiger partial charge in [0.05, 0.1) is 14.2 Å². The van der Waals surface area contributed by atoms with Crippen LogP contribution in [0.2, 0.25) is 0 Å². The fourth-order valence-corrected chi connectivity index (χ4v) is 9.46. The molecule has 262 valence electrons. The van der Waals surface area contributed by atoms with E-state index in [0.717, 1.165) is 72.0 Å². The van der Waals surface area contributed by atoms with Crippen molar-refractivity contribution in [1.29, 1.82) is 0 Å². The predicted octanol–water partition coefficient (Wildman–Crippen LogP) is 7.99. The summed E-state index contributed by atoms with van der Waals surface area (Å²) in [6.07, 6.45) is 18.6. The summed E-state index contributed by atoms with van der Waals surface area (Å²) >= 11 is 0. The quantitative estimate of drug-likeness (QED) is 0.0453. The molecule has 0 fully saturated rings. The molecule has 0 heterocycles. The van der Waals surface area contributed by atoms with E-state index in [-0.39, 0.29) is 12.8 Å². The average molecular weight is 671 g/mol. The number of methoxy groups -OCH3 is 2. The molecule has 0 aromatic rings. The van der Waals surface area contributed by atoms with E-state index >= 15 is 0 Å². The lowest BCUT2D eigenvalue weighted by molar-refractivity contribution is -0.155. The van der Waals surface area contributed by atoms with Gasteiger partial charge in [-0.15, -0.1) is 0 Å². The van der Waals surface area contributed by atoms with Crippen molar-refractivity contribution in [2.45, 2.75) is 177 Å². The van der Waals surface area contributed by atoms with Crippen LogP contribution in [0.15, 0.2) is 0 Å². The van der Waals surface area contributed by atoms with E-state index in [1.165, 1.54) is 44.9 Å². The molecule has 0 aliphatic rings. The standard InChI is InChI=1S/C32H62O10S2/c1-5-7-9-11-13-15-17-18-20-22-24-26-28-32(30(34)42-4,44(38,39)40)31(29(33)41-3,43(35,36)37)27-25-23-21-19-16-14-12-10-8-6-2/h5-28H2,1-4H3,(H,35,36,37)(H,38,39,40). The number of unbranched alkanes of at least 4 members (excludes halogenated alkanes) is 20. The minimum atomic E-state index is -5.63. The van der Waals surface area contributed by atoms with Gasteiger partial charge in [0.25, 0.3) is 20.2 Å². The third-order valence-electron chi connectivity index (χ3n) is 8.83. The highest BCUT2D eigenvalue weighted by molar-refractivity contribution is 7.93. The van der Waals surface area contributed by atoms with Crippen molar-refractivity contribution < 1.29 is 45.0 Å². The highest BCUT2D eigenvalue weighted by atomic mass is 32.2. The van der Waals surface area contributed by atoms with E-state index in [0.29, 0.717) is 25.7 Å². The molecule has 0 rings (SSSR count). The van der Waals surface area contributed by atoms with Crippen molar-refractivity contribution in [3.63, 3.8) is 0 Å². The summed E-state index contributed by atoms with van der Waals surface area (Å²) in [6.45, 7) is 4.33. The molecule has 0 bridgehead atoms. The summed E-state index contributed by atoms with van der Waals surface area (Å²) in [6, 6.07) is 0. The van der Waals surface area contributed by atoms with Crippen LogP contribution in [0.3, 0.4) is 0 Å². The maximum Gasteiger partial charge on any atom is 0.332 e. The van der Waals surface area contributed by atoms with E-state index in [1.54, 1.807) is 0 Å². The lowest BCUT2D eigenvalue weighted by Crippen LogP contribution is -2.71. The van der Waals surface area contributed by atoms with Crippen molar-refractivity contribution in [2.75, 3.05) is 14.2 Å². The lowest BCUT2D eigenvalue weighted by atomic mass is 9.81. The fraction of sp³-hybridized carbons (Fsp3) is 0.938. The zero-order valence-corrected chi connectivity index (χ0v) is 29.6. The van der Waals surface area contributed by atoms with Gasteiger partial charge in [0.1, 0.15) is 0 Å². The summed E-state index contributed by atoms with van der Waals surface area (Å²) in [5.41, 5.74) is 0. The molecular weight excluding hydrogens is 608 g/mol. The molecule has 2 atom stereocenters. The third-order valence-corrected chi connectivity index (χ3v) is 12.2. The Labute approximate surface area is 268 Å². The predicted molar refractivity (Wildman–Crippen MR) is 175 cm³/mol. The molecule has 0 aromatic carbocycles. The molecule has 12 heteroatoms. The van der Waals surface area contributed by atoms with Gasteiger partial charge < -0.3 is 9.47 Å². The number of carbonyl (C=O) groups is 2. The molecule has 0 aromatic heterocycles. The van der Waals surface area contributed by atoms with Crippen LogP contribution in [0, 0.1) is 0 Å².